The summed E-state index contributed by atoms with van der Waals surface area (Å²) in [6.07, 6.45) is 1.10. The van der Waals surface area contributed by atoms with Crippen molar-refractivity contribution in [1.29, 1.82) is 0 Å². The number of hydrogen-bond acceptors (Lipinski definition) is 2. The summed E-state index contributed by atoms with van der Waals surface area (Å²) in [4.78, 5) is 2.33. The summed E-state index contributed by atoms with van der Waals surface area (Å²) in [5, 5.41) is 3.40. The van der Waals surface area contributed by atoms with Crippen molar-refractivity contribution in [2.75, 3.05) is 26.7 Å². The minimum Gasteiger partial charge on any atom is -0.311 e. The molecular formula is C16H26N2. The molecule has 2 heteroatoms. The highest BCUT2D eigenvalue weighted by atomic mass is 15.1. The van der Waals surface area contributed by atoms with E-state index in [1.807, 2.05) is 0 Å². The molecule has 0 bridgehead atoms. The largest absolute Gasteiger partial charge is 0.311 e. The van der Waals surface area contributed by atoms with Gasteiger partial charge >= 0.3 is 0 Å². The van der Waals surface area contributed by atoms with E-state index in [0.717, 1.165) is 26.1 Å². The number of nitrogens with one attached hydrogen (secondary N) is 1. The highest BCUT2D eigenvalue weighted by Crippen LogP contribution is 2.01. The predicted octanol–water partition coefficient (Wildman–Crippen LogP) is 2.72. The summed E-state index contributed by atoms with van der Waals surface area (Å²) in [6, 6.07) is 11.1. The lowest BCUT2D eigenvalue weighted by atomic mass is 10.1. The van der Waals surface area contributed by atoms with Gasteiger partial charge in [-0.2, -0.15) is 0 Å². The van der Waals surface area contributed by atoms with Crippen LogP contribution >= 0.6 is 0 Å². The van der Waals surface area contributed by atoms with E-state index in [-0.39, 0.29) is 0 Å². The summed E-state index contributed by atoms with van der Waals surface area (Å²) >= 11 is 0. The van der Waals surface area contributed by atoms with Crippen LogP contribution in [0, 0.1) is 0 Å². The van der Waals surface area contributed by atoms with Crippen LogP contribution < -0.4 is 5.32 Å². The predicted molar refractivity (Wildman–Crippen MR) is 79.9 cm³/mol. The summed E-state index contributed by atoms with van der Waals surface area (Å²) < 4.78 is 0. The van der Waals surface area contributed by atoms with E-state index in [9.17, 15) is 0 Å². The third kappa shape index (κ3) is 6.58. The van der Waals surface area contributed by atoms with Crippen LogP contribution in [0.4, 0.5) is 0 Å². The monoisotopic (exact) mass is 246 g/mol. The Balaban J connectivity index is 2.21. The van der Waals surface area contributed by atoms with E-state index < -0.39 is 0 Å². The van der Waals surface area contributed by atoms with E-state index >= 15 is 0 Å². The molecule has 0 aliphatic rings. The van der Waals surface area contributed by atoms with Crippen molar-refractivity contribution in [3.8, 4) is 0 Å². The van der Waals surface area contributed by atoms with Gasteiger partial charge in [-0.3, -0.25) is 0 Å². The third-order valence-electron chi connectivity index (χ3n) is 2.88. The first-order chi connectivity index (χ1) is 8.58. The Bertz CT molecular complexity index is 343. The van der Waals surface area contributed by atoms with Crippen LogP contribution in [0.5, 0.6) is 0 Å². The topological polar surface area (TPSA) is 15.3 Å². The Morgan fingerprint density at radius 1 is 1.28 bits per heavy atom. The van der Waals surface area contributed by atoms with Crippen LogP contribution in [0.25, 0.3) is 0 Å². The van der Waals surface area contributed by atoms with E-state index in [4.69, 9.17) is 0 Å². The van der Waals surface area contributed by atoms with Crippen molar-refractivity contribution >= 4 is 0 Å². The Morgan fingerprint density at radius 2 is 1.94 bits per heavy atom. The van der Waals surface area contributed by atoms with Crippen molar-refractivity contribution < 1.29 is 0 Å². The van der Waals surface area contributed by atoms with Gasteiger partial charge in [0, 0.05) is 25.7 Å². The van der Waals surface area contributed by atoms with Gasteiger partial charge in [-0.1, -0.05) is 50.8 Å². The first-order valence-corrected chi connectivity index (χ1v) is 6.70. The molecule has 0 radical (unpaired) electrons. The lowest BCUT2D eigenvalue weighted by molar-refractivity contribution is 0.362. The Hall–Kier alpha value is -1.12. The van der Waals surface area contributed by atoms with Crippen LogP contribution in [0.3, 0.4) is 0 Å². The first kappa shape index (κ1) is 14.9. The number of rotatable bonds is 8. The SMILES string of the molecule is C=C(CNC(C)C)CN(C)CCc1ccccc1. The molecule has 18 heavy (non-hydrogen) atoms. The zero-order valence-corrected chi connectivity index (χ0v) is 11.9. The van der Waals surface area contributed by atoms with Crippen LogP contribution in [-0.4, -0.2) is 37.6 Å². The number of nitrogens with zero attached hydrogens (tertiary/aromatic N) is 1. The standard InChI is InChI=1S/C16H26N2/c1-14(2)17-12-15(3)13-18(4)11-10-16-8-6-5-7-9-16/h5-9,14,17H,3,10-13H2,1-2,4H3. The average Bonchev–Trinajstić information content (AvgIpc) is 2.35. The third-order valence-corrected chi connectivity index (χ3v) is 2.88. The van der Waals surface area contributed by atoms with Crippen LogP contribution in [0.15, 0.2) is 42.5 Å². The molecule has 0 heterocycles. The van der Waals surface area contributed by atoms with Gasteiger partial charge in [0.05, 0.1) is 0 Å². The molecule has 0 spiro atoms. The van der Waals surface area contributed by atoms with Crippen LogP contribution in [0.1, 0.15) is 19.4 Å². The molecule has 1 aromatic rings. The fourth-order valence-corrected chi connectivity index (χ4v) is 1.83. The second kappa shape index (κ2) is 8.06. The first-order valence-electron chi connectivity index (χ1n) is 6.70. The van der Waals surface area contributed by atoms with E-state index in [2.05, 4.69) is 68.0 Å². The van der Waals surface area contributed by atoms with Gasteiger partial charge in [-0.25, -0.2) is 0 Å². The molecule has 100 valence electrons. The maximum Gasteiger partial charge on any atom is 0.0199 e. The van der Waals surface area contributed by atoms with E-state index in [0.29, 0.717) is 6.04 Å². The van der Waals surface area contributed by atoms with Crippen molar-refractivity contribution in [1.82, 2.24) is 10.2 Å². The van der Waals surface area contributed by atoms with Crippen molar-refractivity contribution in [2.45, 2.75) is 26.3 Å². The maximum absolute atomic E-state index is 4.12. The fraction of sp³-hybridized carbons (Fsp3) is 0.500. The van der Waals surface area contributed by atoms with Gasteiger partial charge in [-0.05, 0) is 24.6 Å². The molecule has 0 unspecified atom stereocenters. The Morgan fingerprint density at radius 3 is 2.56 bits per heavy atom. The second-order valence-corrected chi connectivity index (χ2v) is 5.26. The molecule has 0 atom stereocenters. The average molecular weight is 246 g/mol. The van der Waals surface area contributed by atoms with Crippen molar-refractivity contribution in [2.24, 2.45) is 0 Å². The smallest absolute Gasteiger partial charge is 0.0199 e. The van der Waals surface area contributed by atoms with Crippen molar-refractivity contribution in [3.05, 3.63) is 48.0 Å². The van der Waals surface area contributed by atoms with Crippen LogP contribution in [-0.2, 0) is 6.42 Å². The normalized spacial score (nSPS) is 11.2. The van der Waals surface area contributed by atoms with E-state index in [1.165, 1.54) is 11.1 Å². The Kier molecular flexibility index (Phi) is 6.69. The molecule has 0 saturated carbocycles. The molecule has 0 aliphatic heterocycles. The molecule has 1 rings (SSSR count). The van der Waals surface area contributed by atoms with Gasteiger partial charge in [-0.15, -0.1) is 0 Å². The molecule has 0 aromatic heterocycles. The second-order valence-electron chi connectivity index (χ2n) is 5.26. The number of hydrogen-bond donors (Lipinski definition) is 1. The molecule has 1 N–H and O–H groups in total. The van der Waals surface area contributed by atoms with Crippen molar-refractivity contribution in [3.63, 3.8) is 0 Å². The maximum atomic E-state index is 4.12. The lowest BCUT2D eigenvalue weighted by Gasteiger charge is -2.19. The molecule has 0 amide bonds. The lowest BCUT2D eigenvalue weighted by Crippen LogP contribution is -2.30. The minimum absolute atomic E-state index is 0.524. The molecule has 0 saturated heterocycles. The summed E-state index contributed by atoms with van der Waals surface area (Å²) in [6.45, 7) is 11.4. The number of benzene rings is 1. The highest BCUT2D eigenvalue weighted by Gasteiger charge is 2.02. The van der Waals surface area contributed by atoms with Crippen LogP contribution in [0.2, 0.25) is 0 Å². The van der Waals surface area contributed by atoms with E-state index in [1.54, 1.807) is 0 Å². The zero-order chi connectivity index (χ0) is 13.4. The zero-order valence-electron chi connectivity index (χ0n) is 11.9. The highest BCUT2D eigenvalue weighted by molar-refractivity contribution is 5.15. The quantitative estimate of drug-likeness (QED) is 0.710. The van der Waals surface area contributed by atoms with Gasteiger partial charge in [0.15, 0.2) is 0 Å². The minimum atomic E-state index is 0.524. The molecule has 0 aliphatic carbocycles. The fourth-order valence-electron chi connectivity index (χ4n) is 1.83. The molecule has 1 aromatic carbocycles. The molecule has 0 fully saturated rings. The van der Waals surface area contributed by atoms with Gasteiger partial charge < -0.3 is 10.2 Å². The molecular weight excluding hydrogens is 220 g/mol. The van der Waals surface area contributed by atoms with Gasteiger partial charge in [0.2, 0.25) is 0 Å². The van der Waals surface area contributed by atoms with Gasteiger partial charge in [0.25, 0.3) is 0 Å². The summed E-state index contributed by atoms with van der Waals surface area (Å²) in [5.74, 6) is 0. The summed E-state index contributed by atoms with van der Waals surface area (Å²) in [7, 11) is 2.16. The molecule has 2 nitrogen and oxygen atoms in total. The Labute approximate surface area is 112 Å². The number of likely N-dealkylation sites (N-methyl/N-ethyl adjacent to an activating group) is 1. The van der Waals surface area contributed by atoms with Gasteiger partial charge in [0.1, 0.15) is 0 Å². The summed E-state index contributed by atoms with van der Waals surface area (Å²) in [5.41, 5.74) is 2.65.